The first-order valence-electron chi connectivity index (χ1n) is 8.81. The van der Waals surface area contributed by atoms with Crippen molar-refractivity contribution >= 4 is 46.3 Å². The van der Waals surface area contributed by atoms with Crippen LogP contribution in [0.5, 0.6) is 23.0 Å². The fraction of sp³-hybridized carbons (Fsp3) is 0.300. The van der Waals surface area contributed by atoms with E-state index in [-0.39, 0.29) is 32.9 Å². The van der Waals surface area contributed by atoms with Crippen LogP contribution in [-0.2, 0) is 9.59 Å². The molecule has 2 aromatic carbocycles. The van der Waals surface area contributed by atoms with E-state index < -0.39 is 17.7 Å². The van der Waals surface area contributed by atoms with Gasteiger partial charge in [-0.05, 0) is 25.1 Å². The quantitative estimate of drug-likeness (QED) is 0.420. The van der Waals surface area contributed by atoms with Crippen LogP contribution in [0, 0.1) is 0 Å². The Balaban J connectivity index is 2.39. The Morgan fingerprint density at radius 2 is 1.55 bits per heavy atom. The molecule has 31 heavy (non-hydrogen) atoms. The van der Waals surface area contributed by atoms with Crippen molar-refractivity contribution in [3.05, 3.63) is 34.3 Å². The van der Waals surface area contributed by atoms with E-state index in [0.717, 1.165) is 0 Å². The number of azo groups is 1. The molecule has 2 rings (SSSR count). The van der Waals surface area contributed by atoms with Crippen LogP contribution in [0.3, 0.4) is 0 Å². The minimum Gasteiger partial charge on any atom is -0.495 e. The number of amides is 1. The fourth-order valence-electron chi connectivity index (χ4n) is 2.57. The van der Waals surface area contributed by atoms with Gasteiger partial charge in [-0.15, -0.1) is 5.11 Å². The second kappa shape index (κ2) is 10.8. The van der Waals surface area contributed by atoms with Gasteiger partial charge >= 0.3 is 0 Å². The Labute approximate surface area is 189 Å². The van der Waals surface area contributed by atoms with Crippen LogP contribution < -0.4 is 24.3 Å². The van der Waals surface area contributed by atoms with Gasteiger partial charge < -0.3 is 24.3 Å². The molecule has 0 saturated carbocycles. The number of anilines is 1. The predicted molar refractivity (Wildman–Crippen MR) is 117 cm³/mol. The highest BCUT2D eigenvalue weighted by atomic mass is 35.5. The number of methoxy groups -OCH3 is 4. The van der Waals surface area contributed by atoms with Crippen LogP contribution in [0.4, 0.5) is 11.4 Å². The van der Waals surface area contributed by atoms with Crippen LogP contribution in [-0.4, -0.2) is 46.2 Å². The molecule has 2 aromatic rings. The lowest BCUT2D eigenvalue weighted by atomic mass is 10.2. The van der Waals surface area contributed by atoms with Gasteiger partial charge in [0.05, 0.1) is 44.2 Å². The summed E-state index contributed by atoms with van der Waals surface area (Å²) in [6.45, 7) is 1.22. The summed E-state index contributed by atoms with van der Waals surface area (Å²) >= 11 is 12.2. The highest BCUT2D eigenvalue weighted by Gasteiger charge is 2.25. The van der Waals surface area contributed by atoms with Gasteiger partial charge in [-0.3, -0.25) is 9.59 Å². The van der Waals surface area contributed by atoms with Crippen molar-refractivity contribution < 1.29 is 28.5 Å². The second-order valence-electron chi connectivity index (χ2n) is 6.04. The number of hydrogen-bond donors (Lipinski definition) is 1. The summed E-state index contributed by atoms with van der Waals surface area (Å²) in [6.07, 6.45) is 0. The molecule has 0 radical (unpaired) electrons. The molecule has 166 valence electrons. The Kier molecular flexibility index (Phi) is 8.47. The van der Waals surface area contributed by atoms with Crippen LogP contribution in [0.15, 0.2) is 34.5 Å². The molecule has 1 atom stereocenters. The van der Waals surface area contributed by atoms with Crippen molar-refractivity contribution in [2.75, 3.05) is 33.8 Å². The van der Waals surface area contributed by atoms with E-state index in [4.69, 9.17) is 42.1 Å². The summed E-state index contributed by atoms with van der Waals surface area (Å²) < 4.78 is 20.8. The molecule has 1 N–H and O–H groups in total. The van der Waals surface area contributed by atoms with Gasteiger partial charge in [0, 0.05) is 6.07 Å². The first kappa shape index (κ1) is 24.2. The average Bonchev–Trinajstić information content (AvgIpc) is 2.74. The zero-order chi connectivity index (χ0) is 23.1. The Bertz CT molecular complexity index is 1010. The topological polar surface area (TPSA) is 108 Å². The van der Waals surface area contributed by atoms with Gasteiger partial charge in [0.15, 0.2) is 17.2 Å². The number of Topliss-reactive ketones (excluding diaryl/α,β-unsaturated/α-hetero) is 1. The Morgan fingerprint density at radius 1 is 0.903 bits per heavy atom. The summed E-state index contributed by atoms with van der Waals surface area (Å²) in [7, 11) is 5.69. The first-order chi connectivity index (χ1) is 14.8. The van der Waals surface area contributed by atoms with Crippen molar-refractivity contribution in [3.63, 3.8) is 0 Å². The van der Waals surface area contributed by atoms with E-state index in [1.54, 1.807) is 12.1 Å². The third kappa shape index (κ3) is 5.56. The second-order valence-corrected chi connectivity index (χ2v) is 6.85. The molecule has 0 heterocycles. The van der Waals surface area contributed by atoms with Gasteiger partial charge in [0.25, 0.3) is 5.91 Å². The largest absolute Gasteiger partial charge is 0.495 e. The Morgan fingerprint density at radius 3 is 2.10 bits per heavy atom. The molecule has 0 aliphatic carbocycles. The first-order valence-corrected chi connectivity index (χ1v) is 9.57. The molecule has 1 amide bonds. The van der Waals surface area contributed by atoms with Crippen molar-refractivity contribution in [2.45, 2.75) is 13.0 Å². The fourth-order valence-corrected chi connectivity index (χ4v) is 3.05. The van der Waals surface area contributed by atoms with Crippen molar-refractivity contribution in [2.24, 2.45) is 10.2 Å². The minimum atomic E-state index is -1.46. The summed E-state index contributed by atoms with van der Waals surface area (Å²) in [6, 6.07) is 4.61. The van der Waals surface area contributed by atoms with Crippen LogP contribution in [0.1, 0.15) is 6.92 Å². The lowest BCUT2D eigenvalue weighted by Gasteiger charge is -2.15. The third-order valence-corrected chi connectivity index (χ3v) is 4.70. The molecule has 0 fully saturated rings. The molecule has 0 saturated heterocycles. The Hall–Kier alpha value is -3.04. The molecule has 0 bridgehead atoms. The highest BCUT2D eigenvalue weighted by Crippen LogP contribution is 2.42. The molecule has 0 aromatic heterocycles. The molecule has 9 nitrogen and oxygen atoms in total. The zero-order valence-electron chi connectivity index (χ0n) is 17.5. The number of halogens is 2. The number of carbonyl (C=O) groups is 2. The van der Waals surface area contributed by atoms with Crippen molar-refractivity contribution in [3.8, 4) is 23.0 Å². The lowest BCUT2D eigenvalue weighted by molar-refractivity contribution is -0.126. The molecule has 0 aliphatic rings. The molecule has 11 heteroatoms. The maximum Gasteiger partial charge on any atom is 0.258 e. The van der Waals surface area contributed by atoms with Gasteiger partial charge in [0.1, 0.15) is 17.2 Å². The lowest BCUT2D eigenvalue weighted by Crippen LogP contribution is -2.32. The van der Waals surface area contributed by atoms with Gasteiger partial charge in [-0.2, -0.15) is 5.11 Å². The van der Waals surface area contributed by atoms with Crippen LogP contribution >= 0.6 is 23.2 Å². The number of hydrogen-bond acceptors (Lipinski definition) is 8. The number of benzene rings is 2. The number of nitrogens with one attached hydrogen (secondary N) is 1. The van der Waals surface area contributed by atoms with Gasteiger partial charge in [0.2, 0.25) is 6.04 Å². The minimum absolute atomic E-state index is 0.140. The van der Waals surface area contributed by atoms with Gasteiger partial charge in [-0.25, -0.2) is 0 Å². The molecule has 0 spiro atoms. The summed E-state index contributed by atoms with van der Waals surface area (Å²) in [4.78, 5) is 24.9. The number of rotatable bonds is 9. The monoisotopic (exact) mass is 469 g/mol. The van der Waals surface area contributed by atoms with E-state index in [1.165, 1.54) is 47.5 Å². The van der Waals surface area contributed by atoms with Crippen molar-refractivity contribution in [1.82, 2.24) is 0 Å². The average molecular weight is 470 g/mol. The molecular formula is C20H21Cl2N3O6. The summed E-state index contributed by atoms with van der Waals surface area (Å²) in [5.74, 6) is -0.144. The van der Waals surface area contributed by atoms with E-state index in [0.29, 0.717) is 11.5 Å². The normalized spacial score (nSPS) is 11.7. The van der Waals surface area contributed by atoms with E-state index in [9.17, 15) is 9.59 Å². The highest BCUT2D eigenvalue weighted by molar-refractivity contribution is 6.33. The number of carbonyl (C=O) groups excluding carboxylic acids is 2. The molecule has 0 aliphatic heterocycles. The third-order valence-electron chi connectivity index (χ3n) is 4.11. The maximum absolute atomic E-state index is 12.8. The zero-order valence-corrected chi connectivity index (χ0v) is 19.0. The molecular weight excluding hydrogens is 449 g/mol. The summed E-state index contributed by atoms with van der Waals surface area (Å²) in [5, 5.41) is 11.0. The number of ketones is 1. The van der Waals surface area contributed by atoms with E-state index in [2.05, 4.69) is 15.5 Å². The van der Waals surface area contributed by atoms with Crippen LogP contribution in [0.2, 0.25) is 10.0 Å². The van der Waals surface area contributed by atoms with Crippen LogP contribution in [0.25, 0.3) is 0 Å². The smallest absolute Gasteiger partial charge is 0.258 e. The van der Waals surface area contributed by atoms with Gasteiger partial charge in [-0.1, -0.05) is 23.2 Å². The van der Waals surface area contributed by atoms with Crippen molar-refractivity contribution in [1.29, 1.82) is 0 Å². The SMILES string of the molecule is COc1cc(OC)c(NC(=O)C(N=Nc2c(OC)ccc(Cl)c2OC)C(C)=O)cc1Cl. The maximum atomic E-state index is 12.8. The molecule has 1 unspecified atom stereocenters. The standard InChI is InChI=1S/C20H21Cl2N3O6/c1-10(26)17(24-25-18-14(28-2)7-6-11(21)19(18)31-5)20(27)23-13-8-12(22)15(29-3)9-16(13)30-4/h6-9,17H,1-5H3,(H,23,27). The van der Waals surface area contributed by atoms with E-state index in [1.807, 2.05) is 0 Å². The predicted octanol–water partition coefficient (Wildman–Crippen LogP) is 4.71. The number of nitrogens with zero attached hydrogens (tertiary/aromatic N) is 2. The van der Waals surface area contributed by atoms with E-state index >= 15 is 0 Å². The number of ether oxygens (including phenoxy) is 4. The summed E-state index contributed by atoms with van der Waals surface area (Å²) in [5.41, 5.74) is 0.374.